The predicted octanol–water partition coefficient (Wildman–Crippen LogP) is 3.29. The molecule has 0 saturated carbocycles. The van der Waals surface area contributed by atoms with Crippen molar-refractivity contribution in [3.63, 3.8) is 0 Å². The van der Waals surface area contributed by atoms with Crippen LogP contribution in [0.1, 0.15) is 17.3 Å². The number of methoxy groups -OCH3 is 1. The van der Waals surface area contributed by atoms with Crippen LogP contribution in [0.15, 0.2) is 48.7 Å². The monoisotopic (exact) mass is 323 g/mol. The van der Waals surface area contributed by atoms with Crippen LogP contribution in [0.25, 0.3) is 10.9 Å². The van der Waals surface area contributed by atoms with Gasteiger partial charge in [-0.3, -0.25) is 4.79 Å². The van der Waals surface area contributed by atoms with Crippen molar-refractivity contribution in [2.24, 2.45) is 0 Å². The zero-order valence-corrected chi connectivity index (χ0v) is 13.4. The van der Waals surface area contributed by atoms with Crippen LogP contribution >= 0.6 is 0 Å². The molecule has 6 heteroatoms. The molecule has 3 aromatic rings. The maximum absolute atomic E-state index is 12.4. The Morgan fingerprint density at radius 2 is 2.00 bits per heavy atom. The minimum atomic E-state index is -0.223. The molecule has 1 amide bonds. The molecule has 1 N–H and O–H groups in total. The second-order valence-corrected chi connectivity index (χ2v) is 5.03. The summed E-state index contributed by atoms with van der Waals surface area (Å²) in [6, 6.07) is 12.5. The summed E-state index contributed by atoms with van der Waals surface area (Å²) in [5, 5.41) is 3.78. The second kappa shape index (κ2) is 6.95. The summed E-state index contributed by atoms with van der Waals surface area (Å²) in [4.78, 5) is 20.8. The largest absolute Gasteiger partial charge is 0.481 e. The first-order valence-corrected chi connectivity index (χ1v) is 7.54. The van der Waals surface area contributed by atoms with E-state index >= 15 is 0 Å². The fourth-order valence-electron chi connectivity index (χ4n) is 2.28. The van der Waals surface area contributed by atoms with Gasteiger partial charge in [0.2, 0.25) is 11.8 Å². The molecule has 2 aromatic heterocycles. The molecular weight excluding hydrogens is 306 g/mol. The number of aromatic nitrogens is 2. The molecule has 0 aliphatic heterocycles. The topological polar surface area (TPSA) is 73.3 Å². The van der Waals surface area contributed by atoms with E-state index in [1.54, 1.807) is 37.6 Å². The fraction of sp³-hybridized carbons (Fsp3) is 0.167. The Labute approximate surface area is 139 Å². The van der Waals surface area contributed by atoms with E-state index in [0.717, 1.165) is 10.9 Å². The number of rotatable bonds is 5. The molecule has 0 atom stereocenters. The molecule has 0 unspecified atom stereocenters. The van der Waals surface area contributed by atoms with Gasteiger partial charge in [0, 0.05) is 35.0 Å². The van der Waals surface area contributed by atoms with Crippen LogP contribution in [0.3, 0.4) is 0 Å². The van der Waals surface area contributed by atoms with Gasteiger partial charge in [0.05, 0.1) is 19.2 Å². The van der Waals surface area contributed by atoms with E-state index in [4.69, 9.17) is 9.47 Å². The SMILES string of the molecule is CCOc1cc(C(=O)Nc2ccc3nc(OC)ccc3c2)ccn1. The molecule has 2 heterocycles. The van der Waals surface area contributed by atoms with Gasteiger partial charge in [0.25, 0.3) is 5.91 Å². The Bertz CT molecular complexity index is 880. The predicted molar refractivity (Wildman–Crippen MR) is 91.7 cm³/mol. The zero-order chi connectivity index (χ0) is 16.9. The smallest absolute Gasteiger partial charge is 0.255 e. The average Bonchev–Trinajstić information content (AvgIpc) is 2.61. The first kappa shape index (κ1) is 15.7. The number of pyridine rings is 2. The van der Waals surface area contributed by atoms with E-state index in [2.05, 4.69) is 15.3 Å². The number of hydrogen-bond acceptors (Lipinski definition) is 5. The summed E-state index contributed by atoms with van der Waals surface area (Å²) in [6.45, 7) is 2.37. The molecule has 0 radical (unpaired) electrons. The molecule has 0 saturated heterocycles. The van der Waals surface area contributed by atoms with Gasteiger partial charge in [-0.1, -0.05) is 0 Å². The third-order valence-corrected chi connectivity index (χ3v) is 3.42. The molecule has 1 aromatic carbocycles. The van der Waals surface area contributed by atoms with Crippen LogP contribution in [0, 0.1) is 0 Å². The van der Waals surface area contributed by atoms with Gasteiger partial charge in [-0.2, -0.15) is 0 Å². The van der Waals surface area contributed by atoms with E-state index in [1.165, 1.54) is 0 Å². The standard InChI is InChI=1S/C18H17N3O3/c1-3-24-17-11-13(8-9-19-17)18(22)20-14-5-6-15-12(10-14)4-7-16(21-15)23-2/h4-11H,3H2,1-2H3,(H,20,22). The Balaban J connectivity index is 1.81. The molecule has 24 heavy (non-hydrogen) atoms. The van der Waals surface area contributed by atoms with E-state index in [0.29, 0.717) is 29.6 Å². The number of nitrogens with one attached hydrogen (secondary N) is 1. The number of carbonyl (C=O) groups is 1. The van der Waals surface area contributed by atoms with Crippen molar-refractivity contribution >= 4 is 22.5 Å². The summed E-state index contributed by atoms with van der Waals surface area (Å²) in [5.74, 6) is 0.763. The van der Waals surface area contributed by atoms with E-state index in [-0.39, 0.29) is 5.91 Å². The van der Waals surface area contributed by atoms with Crippen LogP contribution in [-0.2, 0) is 0 Å². The maximum Gasteiger partial charge on any atom is 0.255 e. The molecule has 0 bridgehead atoms. The van der Waals surface area contributed by atoms with Gasteiger partial charge in [-0.05, 0) is 37.3 Å². The fourth-order valence-corrected chi connectivity index (χ4v) is 2.28. The van der Waals surface area contributed by atoms with Crippen molar-refractivity contribution in [1.29, 1.82) is 0 Å². The minimum Gasteiger partial charge on any atom is -0.481 e. The number of amides is 1. The van der Waals surface area contributed by atoms with E-state index in [1.807, 2.05) is 25.1 Å². The first-order chi connectivity index (χ1) is 11.7. The van der Waals surface area contributed by atoms with Gasteiger partial charge < -0.3 is 14.8 Å². The van der Waals surface area contributed by atoms with E-state index < -0.39 is 0 Å². The Morgan fingerprint density at radius 1 is 1.12 bits per heavy atom. The molecule has 6 nitrogen and oxygen atoms in total. The summed E-state index contributed by atoms with van der Waals surface area (Å²) in [6.07, 6.45) is 1.55. The van der Waals surface area contributed by atoms with Gasteiger partial charge in [-0.15, -0.1) is 0 Å². The zero-order valence-electron chi connectivity index (χ0n) is 13.4. The first-order valence-electron chi connectivity index (χ1n) is 7.54. The Morgan fingerprint density at radius 3 is 2.79 bits per heavy atom. The number of benzene rings is 1. The van der Waals surface area contributed by atoms with Crippen LogP contribution in [0.2, 0.25) is 0 Å². The number of carbonyl (C=O) groups excluding carboxylic acids is 1. The maximum atomic E-state index is 12.4. The highest BCUT2D eigenvalue weighted by atomic mass is 16.5. The highest BCUT2D eigenvalue weighted by molar-refractivity contribution is 6.05. The molecular formula is C18H17N3O3. The molecule has 0 aliphatic rings. The quantitative estimate of drug-likeness (QED) is 0.780. The number of hydrogen-bond donors (Lipinski definition) is 1. The highest BCUT2D eigenvalue weighted by Gasteiger charge is 2.09. The molecule has 3 rings (SSSR count). The van der Waals surface area contributed by atoms with Gasteiger partial charge in [0.1, 0.15) is 0 Å². The number of fused-ring (bicyclic) bond motifs is 1. The summed E-state index contributed by atoms with van der Waals surface area (Å²) < 4.78 is 10.4. The highest BCUT2D eigenvalue weighted by Crippen LogP contribution is 2.21. The van der Waals surface area contributed by atoms with Crippen LogP contribution < -0.4 is 14.8 Å². The normalized spacial score (nSPS) is 10.4. The Hall–Kier alpha value is -3.15. The third-order valence-electron chi connectivity index (χ3n) is 3.42. The van der Waals surface area contributed by atoms with Crippen molar-refractivity contribution in [3.05, 3.63) is 54.2 Å². The van der Waals surface area contributed by atoms with E-state index in [9.17, 15) is 4.79 Å². The van der Waals surface area contributed by atoms with Crippen molar-refractivity contribution in [3.8, 4) is 11.8 Å². The van der Waals surface area contributed by atoms with Crippen molar-refractivity contribution in [2.75, 3.05) is 19.0 Å². The number of nitrogens with zero attached hydrogens (tertiary/aromatic N) is 2. The molecule has 0 aliphatic carbocycles. The summed E-state index contributed by atoms with van der Waals surface area (Å²) in [7, 11) is 1.58. The lowest BCUT2D eigenvalue weighted by atomic mass is 10.2. The average molecular weight is 323 g/mol. The molecule has 122 valence electrons. The summed E-state index contributed by atoms with van der Waals surface area (Å²) >= 11 is 0. The lowest BCUT2D eigenvalue weighted by Gasteiger charge is -2.08. The van der Waals surface area contributed by atoms with Crippen molar-refractivity contribution < 1.29 is 14.3 Å². The molecule has 0 fully saturated rings. The number of ether oxygens (including phenoxy) is 2. The lowest BCUT2D eigenvalue weighted by molar-refractivity contribution is 0.102. The molecule has 0 spiro atoms. The second-order valence-electron chi connectivity index (χ2n) is 5.03. The third kappa shape index (κ3) is 3.43. The van der Waals surface area contributed by atoms with Crippen LogP contribution in [-0.4, -0.2) is 29.6 Å². The number of anilines is 1. The van der Waals surface area contributed by atoms with Crippen LogP contribution in [0.5, 0.6) is 11.8 Å². The minimum absolute atomic E-state index is 0.223. The van der Waals surface area contributed by atoms with Crippen molar-refractivity contribution in [2.45, 2.75) is 6.92 Å². The summed E-state index contributed by atoms with van der Waals surface area (Å²) in [5.41, 5.74) is 1.98. The lowest BCUT2D eigenvalue weighted by Crippen LogP contribution is -2.12. The van der Waals surface area contributed by atoms with Gasteiger partial charge in [-0.25, -0.2) is 9.97 Å². The van der Waals surface area contributed by atoms with Crippen molar-refractivity contribution in [1.82, 2.24) is 9.97 Å². The van der Waals surface area contributed by atoms with Gasteiger partial charge in [0.15, 0.2) is 0 Å². The Kier molecular flexibility index (Phi) is 4.56. The van der Waals surface area contributed by atoms with Gasteiger partial charge >= 0.3 is 0 Å². The van der Waals surface area contributed by atoms with Crippen LogP contribution in [0.4, 0.5) is 5.69 Å².